The number of fused-ring (bicyclic) bond motifs is 2. The lowest BCUT2D eigenvalue weighted by Gasteiger charge is -2.28. The van der Waals surface area contributed by atoms with Crippen molar-refractivity contribution in [2.24, 2.45) is 0 Å². The van der Waals surface area contributed by atoms with Crippen molar-refractivity contribution >= 4 is 10.9 Å². The molecule has 2 N–H and O–H groups in total. The molecule has 0 saturated heterocycles. The van der Waals surface area contributed by atoms with E-state index >= 15 is 0 Å². The van der Waals surface area contributed by atoms with Gasteiger partial charge in [-0.25, -0.2) is 0 Å². The number of rotatable bonds is 3. The summed E-state index contributed by atoms with van der Waals surface area (Å²) in [7, 11) is 3.26. The SMILES string of the molecule is COc1cc2c(cc1OC)C(c1cc3cc(C)ccc3[nH]c1=O)NCC2. The van der Waals surface area contributed by atoms with Gasteiger partial charge in [-0.15, -0.1) is 0 Å². The molecule has 0 saturated carbocycles. The first-order valence-electron chi connectivity index (χ1n) is 8.72. The van der Waals surface area contributed by atoms with Crippen LogP contribution >= 0.6 is 0 Å². The predicted octanol–water partition coefficient (Wildman–Crippen LogP) is 3.09. The van der Waals surface area contributed by atoms with E-state index in [0.717, 1.165) is 40.7 Å². The van der Waals surface area contributed by atoms with Crippen LogP contribution in [0.1, 0.15) is 28.3 Å². The van der Waals surface area contributed by atoms with Crippen molar-refractivity contribution in [1.82, 2.24) is 10.3 Å². The Morgan fingerprint density at radius 3 is 2.54 bits per heavy atom. The predicted molar refractivity (Wildman–Crippen MR) is 102 cm³/mol. The molecule has 1 atom stereocenters. The van der Waals surface area contributed by atoms with E-state index in [0.29, 0.717) is 5.75 Å². The maximum atomic E-state index is 12.8. The first-order valence-corrected chi connectivity index (χ1v) is 8.72. The summed E-state index contributed by atoms with van der Waals surface area (Å²) in [5, 5.41) is 4.52. The van der Waals surface area contributed by atoms with Crippen molar-refractivity contribution in [3.8, 4) is 11.5 Å². The fraction of sp³-hybridized carbons (Fsp3) is 0.286. The maximum Gasteiger partial charge on any atom is 0.253 e. The number of hydrogen-bond donors (Lipinski definition) is 2. The van der Waals surface area contributed by atoms with E-state index in [9.17, 15) is 4.79 Å². The lowest BCUT2D eigenvalue weighted by Crippen LogP contribution is -2.34. The van der Waals surface area contributed by atoms with Crippen molar-refractivity contribution in [2.75, 3.05) is 20.8 Å². The minimum absolute atomic E-state index is 0.0681. The van der Waals surface area contributed by atoms with Crippen LogP contribution in [0.4, 0.5) is 0 Å². The molecule has 2 aromatic carbocycles. The van der Waals surface area contributed by atoms with Gasteiger partial charge >= 0.3 is 0 Å². The van der Waals surface area contributed by atoms with Crippen LogP contribution in [0.3, 0.4) is 0 Å². The highest BCUT2D eigenvalue weighted by Gasteiger charge is 2.26. The average Bonchev–Trinajstić information content (AvgIpc) is 2.66. The summed E-state index contributed by atoms with van der Waals surface area (Å²) in [6, 6.07) is 11.9. The molecule has 1 unspecified atom stereocenters. The Hall–Kier alpha value is -2.79. The third kappa shape index (κ3) is 2.74. The number of methoxy groups -OCH3 is 2. The molecule has 3 aromatic rings. The van der Waals surface area contributed by atoms with E-state index in [2.05, 4.69) is 23.3 Å². The summed E-state index contributed by atoms with van der Waals surface area (Å²) in [6.07, 6.45) is 0.886. The summed E-state index contributed by atoms with van der Waals surface area (Å²) in [5.41, 5.74) is 4.91. The highest BCUT2D eigenvalue weighted by atomic mass is 16.5. The Bertz CT molecular complexity index is 1040. The van der Waals surface area contributed by atoms with Crippen LogP contribution in [0.5, 0.6) is 11.5 Å². The molecule has 4 rings (SSSR count). The van der Waals surface area contributed by atoms with Gasteiger partial charge in [-0.1, -0.05) is 11.6 Å². The Kier molecular flexibility index (Phi) is 4.17. The van der Waals surface area contributed by atoms with Gasteiger partial charge in [0, 0.05) is 17.6 Å². The van der Waals surface area contributed by atoms with Gasteiger partial charge < -0.3 is 19.8 Å². The summed E-state index contributed by atoms with van der Waals surface area (Å²) >= 11 is 0. The van der Waals surface area contributed by atoms with E-state index in [1.54, 1.807) is 14.2 Å². The molecular weight excluding hydrogens is 328 g/mol. The summed E-state index contributed by atoms with van der Waals surface area (Å²) < 4.78 is 10.9. The lowest BCUT2D eigenvalue weighted by atomic mass is 9.89. The van der Waals surface area contributed by atoms with Gasteiger partial charge in [0.15, 0.2) is 11.5 Å². The van der Waals surface area contributed by atoms with Gasteiger partial charge in [0.25, 0.3) is 5.56 Å². The molecule has 0 fully saturated rings. The van der Waals surface area contributed by atoms with Crippen LogP contribution in [-0.4, -0.2) is 25.7 Å². The lowest BCUT2D eigenvalue weighted by molar-refractivity contribution is 0.353. The number of H-pyrrole nitrogens is 1. The molecule has 1 aliphatic heterocycles. The monoisotopic (exact) mass is 350 g/mol. The number of pyridine rings is 1. The van der Waals surface area contributed by atoms with Crippen molar-refractivity contribution in [1.29, 1.82) is 0 Å². The molecule has 0 spiro atoms. The standard InChI is InChI=1S/C21H22N2O3/c1-12-4-5-17-14(8-12)9-16(21(24)23-17)20-15-11-19(26-3)18(25-2)10-13(15)6-7-22-20/h4-5,8-11,20,22H,6-7H2,1-3H3,(H,23,24). The average molecular weight is 350 g/mol. The Labute approximate surface area is 152 Å². The normalized spacial score (nSPS) is 16.3. The van der Waals surface area contributed by atoms with Gasteiger partial charge in [-0.05, 0) is 60.2 Å². The minimum atomic E-state index is -0.174. The number of aromatic nitrogens is 1. The molecule has 0 amide bonds. The molecule has 1 aliphatic rings. The molecular formula is C21H22N2O3. The fourth-order valence-electron chi connectivity index (χ4n) is 3.72. The first kappa shape index (κ1) is 16.7. The van der Waals surface area contributed by atoms with Gasteiger partial charge in [-0.2, -0.15) is 0 Å². The van der Waals surface area contributed by atoms with Crippen LogP contribution in [-0.2, 0) is 6.42 Å². The zero-order chi connectivity index (χ0) is 18.3. The van der Waals surface area contributed by atoms with Crippen LogP contribution in [0.2, 0.25) is 0 Å². The molecule has 26 heavy (non-hydrogen) atoms. The van der Waals surface area contributed by atoms with E-state index in [-0.39, 0.29) is 11.6 Å². The minimum Gasteiger partial charge on any atom is -0.493 e. The van der Waals surface area contributed by atoms with Gasteiger partial charge in [0.1, 0.15) is 0 Å². The van der Waals surface area contributed by atoms with E-state index in [1.165, 1.54) is 11.1 Å². The van der Waals surface area contributed by atoms with E-state index in [4.69, 9.17) is 9.47 Å². The quantitative estimate of drug-likeness (QED) is 0.762. The molecule has 2 heterocycles. The highest BCUT2D eigenvalue weighted by Crippen LogP contribution is 2.37. The van der Waals surface area contributed by atoms with E-state index < -0.39 is 0 Å². The molecule has 0 aliphatic carbocycles. The van der Waals surface area contributed by atoms with Crippen molar-refractivity contribution in [2.45, 2.75) is 19.4 Å². The summed E-state index contributed by atoms with van der Waals surface area (Å²) in [4.78, 5) is 15.8. The van der Waals surface area contributed by atoms with Gasteiger partial charge in [0.2, 0.25) is 0 Å². The fourth-order valence-corrected chi connectivity index (χ4v) is 3.72. The second-order valence-electron chi connectivity index (χ2n) is 6.69. The Balaban J connectivity index is 1.89. The smallest absolute Gasteiger partial charge is 0.253 e. The number of ether oxygens (including phenoxy) is 2. The molecule has 5 nitrogen and oxygen atoms in total. The van der Waals surface area contributed by atoms with E-state index in [1.807, 2.05) is 30.3 Å². The first-order chi connectivity index (χ1) is 12.6. The van der Waals surface area contributed by atoms with Gasteiger partial charge in [0.05, 0.1) is 20.3 Å². The van der Waals surface area contributed by atoms with Crippen LogP contribution in [0.25, 0.3) is 10.9 Å². The van der Waals surface area contributed by atoms with Crippen molar-refractivity contribution < 1.29 is 9.47 Å². The molecule has 134 valence electrons. The Morgan fingerprint density at radius 1 is 1.00 bits per heavy atom. The topological polar surface area (TPSA) is 63.4 Å². The van der Waals surface area contributed by atoms with Gasteiger partial charge in [-0.3, -0.25) is 4.79 Å². The molecule has 0 bridgehead atoms. The molecule has 0 radical (unpaired) electrons. The van der Waals surface area contributed by atoms with Crippen molar-refractivity contribution in [3.05, 3.63) is 69.0 Å². The maximum absolute atomic E-state index is 12.8. The number of aryl methyl sites for hydroxylation is 1. The number of benzene rings is 2. The zero-order valence-corrected chi connectivity index (χ0v) is 15.2. The zero-order valence-electron chi connectivity index (χ0n) is 15.2. The number of aromatic amines is 1. The number of nitrogens with one attached hydrogen (secondary N) is 2. The summed E-state index contributed by atoms with van der Waals surface area (Å²) in [6.45, 7) is 2.86. The largest absolute Gasteiger partial charge is 0.493 e. The molecule has 5 heteroatoms. The molecule has 1 aromatic heterocycles. The number of hydrogen-bond acceptors (Lipinski definition) is 4. The summed E-state index contributed by atoms with van der Waals surface area (Å²) in [5.74, 6) is 1.39. The van der Waals surface area contributed by atoms with Crippen molar-refractivity contribution in [3.63, 3.8) is 0 Å². The van der Waals surface area contributed by atoms with Crippen LogP contribution in [0.15, 0.2) is 41.2 Å². The Morgan fingerprint density at radius 2 is 1.77 bits per heavy atom. The third-order valence-electron chi connectivity index (χ3n) is 5.04. The van der Waals surface area contributed by atoms with Crippen LogP contribution in [0, 0.1) is 6.92 Å². The second-order valence-corrected chi connectivity index (χ2v) is 6.69. The third-order valence-corrected chi connectivity index (χ3v) is 5.04. The van der Waals surface area contributed by atoms with Crippen LogP contribution < -0.4 is 20.3 Å². The second kappa shape index (κ2) is 6.50. The highest BCUT2D eigenvalue weighted by molar-refractivity contribution is 5.80.